The molecule has 2 aliphatic heterocycles. The fourth-order valence-electron chi connectivity index (χ4n) is 4.62. The van der Waals surface area contributed by atoms with E-state index in [1.54, 1.807) is 29.1 Å². The number of imidazole rings is 1. The number of aromatic nitrogens is 4. The second kappa shape index (κ2) is 6.54. The van der Waals surface area contributed by atoms with Gasteiger partial charge in [0.2, 0.25) is 6.34 Å². The minimum Gasteiger partial charge on any atom is -0.299 e. The van der Waals surface area contributed by atoms with Gasteiger partial charge in [-0.3, -0.25) is 18.5 Å². The highest BCUT2D eigenvalue weighted by Crippen LogP contribution is 2.38. The first-order chi connectivity index (χ1) is 15.0. The van der Waals surface area contributed by atoms with Crippen LogP contribution in [0, 0.1) is 12.7 Å². The average Bonchev–Trinajstić information content (AvgIpc) is 3.44. The molecule has 0 spiro atoms. The summed E-state index contributed by atoms with van der Waals surface area (Å²) in [4.78, 5) is 27.2. The largest absolute Gasteiger partial charge is 0.347 e. The minimum atomic E-state index is -0.315. The zero-order valence-corrected chi connectivity index (χ0v) is 17.5. The normalized spacial score (nSPS) is 19.6. The molecule has 0 bridgehead atoms. The van der Waals surface area contributed by atoms with Gasteiger partial charge in [-0.05, 0) is 36.9 Å². The van der Waals surface area contributed by atoms with Crippen molar-refractivity contribution in [2.45, 2.75) is 38.6 Å². The average molecular weight is 417 g/mol. The Morgan fingerprint density at radius 3 is 2.77 bits per heavy atom. The number of hydrogen-bond acceptors (Lipinski definition) is 3. The van der Waals surface area contributed by atoms with Crippen molar-refractivity contribution in [3.05, 3.63) is 69.0 Å². The molecule has 1 aromatic carbocycles. The molecular weight excluding hydrogens is 395 g/mol. The number of amidine groups is 1. The summed E-state index contributed by atoms with van der Waals surface area (Å²) in [6, 6.07) is 6.65. The highest BCUT2D eigenvalue weighted by Gasteiger charge is 2.36. The van der Waals surface area contributed by atoms with E-state index in [-0.39, 0.29) is 11.4 Å². The molecule has 0 amide bonds. The minimum absolute atomic E-state index is 0.0261. The van der Waals surface area contributed by atoms with Crippen molar-refractivity contribution < 1.29 is 8.97 Å². The van der Waals surface area contributed by atoms with Gasteiger partial charge >= 0.3 is 5.84 Å². The number of aliphatic imine (C=N–C) groups is 1. The maximum Gasteiger partial charge on any atom is 0.347 e. The summed E-state index contributed by atoms with van der Waals surface area (Å²) in [6.45, 7) is 3.02. The fraction of sp³-hybridized carbons (Fsp3) is 0.348. The van der Waals surface area contributed by atoms with Gasteiger partial charge in [-0.2, -0.15) is 0 Å². The van der Waals surface area contributed by atoms with Gasteiger partial charge in [0.15, 0.2) is 5.69 Å². The van der Waals surface area contributed by atoms with Crippen molar-refractivity contribution in [1.82, 2.24) is 19.1 Å². The topological polar surface area (TPSA) is 68.1 Å². The molecule has 0 saturated heterocycles. The van der Waals surface area contributed by atoms with E-state index in [1.807, 2.05) is 18.5 Å². The lowest BCUT2D eigenvalue weighted by molar-refractivity contribution is -0.548. The molecule has 0 N–H and O–H groups in total. The highest BCUT2D eigenvalue weighted by atomic mass is 19.1. The van der Waals surface area contributed by atoms with E-state index in [4.69, 9.17) is 4.98 Å². The van der Waals surface area contributed by atoms with Crippen LogP contribution in [-0.2, 0) is 20.0 Å². The number of nitrogens with zero attached hydrogens (tertiary/aromatic N) is 6. The summed E-state index contributed by atoms with van der Waals surface area (Å²) in [7, 11) is 1.82. The van der Waals surface area contributed by atoms with E-state index in [0.29, 0.717) is 36.7 Å². The third-order valence-corrected chi connectivity index (χ3v) is 6.44. The van der Waals surface area contributed by atoms with Crippen molar-refractivity contribution >= 4 is 12.2 Å². The van der Waals surface area contributed by atoms with Crippen LogP contribution < -0.4 is 5.56 Å². The first-order valence-electron chi connectivity index (χ1n) is 10.6. The van der Waals surface area contributed by atoms with E-state index in [2.05, 4.69) is 14.6 Å². The molecule has 0 atom stereocenters. The lowest BCUT2D eigenvalue weighted by Gasteiger charge is -2.19. The van der Waals surface area contributed by atoms with E-state index in [1.165, 1.54) is 6.07 Å². The fourth-order valence-corrected chi connectivity index (χ4v) is 4.62. The van der Waals surface area contributed by atoms with Gasteiger partial charge in [0.1, 0.15) is 29.7 Å². The Hall–Kier alpha value is -3.42. The quantitative estimate of drug-likeness (QED) is 0.602. The van der Waals surface area contributed by atoms with Crippen LogP contribution in [0.5, 0.6) is 0 Å². The van der Waals surface area contributed by atoms with Crippen LogP contribution in [0.15, 0.2) is 34.1 Å². The van der Waals surface area contributed by atoms with Crippen molar-refractivity contribution in [2.75, 3.05) is 6.54 Å². The van der Waals surface area contributed by atoms with Crippen molar-refractivity contribution in [1.29, 1.82) is 0 Å². The number of benzene rings is 1. The predicted molar refractivity (Wildman–Crippen MR) is 114 cm³/mol. The summed E-state index contributed by atoms with van der Waals surface area (Å²) >= 11 is 0. The van der Waals surface area contributed by atoms with Gasteiger partial charge in [0.05, 0.1) is 17.8 Å². The summed E-state index contributed by atoms with van der Waals surface area (Å²) in [5, 5.41) is 0. The first kappa shape index (κ1) is 18.4. The van der Waals surface area contributed by atoms with E-state index in [0.717, 1.165) is 47.3 Å². The Morgan fingerprint density at radius 2 is 2.00 bits per heavy atom. The third-order valence-electron chi connectivity index (χ3n) is 6.44. The molecular formula is C23H22FN6O+. The number of halogens is 1. The second-order valence-electron chi connectivity index (χ2n) is 8.48. The van der Waals surface area contributed by atoms with Crippen molar-refractivity contribution in [3.63, 3.8) is 0 Å². The van der Waals surface area contributed by atoms with Crippen LogP contribution in [0.25, 0.3) is 11.3 Å². The van der Waals surface area contributed by atoms with Crippen LogP contribution in [0.3, 0.4) is 0 Å². The maximum atomic E-state index is 14.6. The standard InChI is InChI=1S/C23H22FN6O/c1-13-26-19(15-5-3-4-6-17(15)24)20-22(25-12-30(13)20)29-10-9-18-16(11-29)23(31)28(2)21(27-18)14-7-8-14/h3-6,12,14H,7-11H2,1-2H3/q+1. The Balaban J connectivity index is 1.48. The monoisotopic (exact) mass is 417 g/mol. The second-order valence-corrected chi connectivity index (χ2v) is 8.48. The zero-order valence-electron chi connectivity index (χ0n) is 17.5. The molecule has 6 rings (SSSR count). The van der Waals surface area contributed by atoms with Crippen LogP contribution in [0.4, 0.5) is 4.39 Å². The first-order valence-corrected chi connectivity index (χ1v) is 10.6. The van der Waals surface area contributed by atoms with Gasteiger partial charge in [-0.15, -0.1) is 0 Å². The van der Waals surface area contributed by atoms with Gasteiger partial charge in [-0.1, -0.05) is 12.1 Å². The molecule has 1 saturated carbocycles. The van der Waals surface area contributed by atoms with Crippen LogP contribution in [0.1, 0.15) is 47.4 Å². The van der Waals surface area contributed by atoms with Gasteiger partial charge in [0.25, 0.3) is 5.56 Å². The highest BCUT2D eigenvalue weighted by molar-refractivity contribution is 6.08. The predicted octanol–water partition coefficient (Wildman–Crippen LogP) is 2.37. The summed E-state index contributed by atoms with van der Waals surface area (Å²) < 4.78 is 20.2. The molecule has 156 valence electrons. The van der Waals surface area contributed by atoms with Crippen LogP contribution >= 0.6 is 0 Å². The SMILES string of the molecule is Cc1nc(-c2ccccc2F)c2n1C=NC2=[N+]1CCc2nc(C3CC3)n(C)c(=O)c2C1. The summed E-state index contributed by atoms with van der Waals surface area (Å²) in [5.74, 6) is 2.49. The smallest absolute Gasteiger partial charge is 0.299 e. The summed E-state index contributed by atoms with van der Waals surface area (Å²) in [5.41, 5.74) is 3.45. The molecule has 0 radical (unpaired) electrons. The number of aryl methyl sites for hydroxylation is 1. The lowest BCUT2D eigenvalue weighted by atomic mass is 10.1. The maximum absolute atomic E-state index is 14.6. The van der Waals surface area contributed by atoms with Gasteiger partial charge < -0.3 is 0 Å². The number of rotatable bonds is 2. The molecule has 2 aromatic heterocycles. The molecule has 3 aromatic rings. The van der Waals surface area contributed by atoms with E-state index < -0.39 is 0 Å². The molecule has 1 aliphatic carbocycles. The Labute approximate surface area is 178 Å². The van der Waals surface area contributed by atoms with E-state index in [9.17, 15) is 9.18 Å². The zero-order chi connectivity index (χ0) is 21.3. The van der Waals surface area contributed by atoms with Crippen LogP contribution in [0.2, 0.25) is 0 Å². The summed E-state index contributed by atoms with van der Waals surface area (Å²) in [6.07, 6.45) is 4.63. The Kier molecular flexibility index (Phi) is 3.87. The molecule has 8 heteroatoms. The van der Waals surface area contributed by atoms with Crippen molar-refractivity contribution in [3.8, 4) is 11.3 Å². The molecule has 0 unspecified atom stereocenters. The Morgan fingerprint density at radius 1 is 1.19 bits per heavy atom. The molecule has 4 heterocycles. The van der Waals surface area contributed by atoms with Crippen LogP contribution in [-0.4, -0.2) is 42.4 Å². The van der Waals surface area contributed by atoms with E-state index >= 15 is 0 Å². The molecule has 31 heavy (non-hydrogen) atoms. The third kappa shape index (κ3) is 2.74. The lowest BCUT2D eigenvalue weighted by Crippen LogP contribution is -2.36. The molecule has 7 nitrogen and oxygen atoms in total. The molecule has 3 aliphatic rings. The van der Waals surface area contributed by atoms with Gasteiger partial charge in [0, 0.05) is 24.9 Å². The van der Waals surface area contributed by atoms with Gasteiger partial charge in [-0.25, -0.2) is 14.4 Å². The number of hydrogen-bond donors (Lipinski definition) is 0. The van der Waals surface area contributed by atoms with Crippen molar-refractivity contribution in [2.24, 2.45) is 12.0 Å². The Bertz CT molecular complexity index is 1380. The molecule has 1 fully saturated rings. The number of fused-ring (bicyclic) bond motifs is 2.